The highest BCUT2D eigenvalue weighted by Gasteiger charge is 2.51. The number of aromatic carboxylic acids is 1. The highest BCUT2D eigenvalue weighted by atomic mass is 16.6. The summed E-state index contributed by atoms with van der Waals surface area (Å²) in [7, 11) is 0. The third kappa shape index (κ3) is 6.15. The molecule has 2 aromatic rings. The normalized spacial score (nSPS) is 23.7. The lowest BCUT2D eigenvalue weighted by atomic mass is 9.53. The van der Waals surface area contributed by atoms with Crippen LogP contribution in [0.5, 0.6) is 0 Å². The van der Waals surface area contributed by atoms with Gasteiger partial charge in [-0.3, -0.25) is 4.79 Å². The van der Waals surface area contributed by atoms with Crippen LogP contribution in [0, 0.1) is 16.7 Å². The molecule has 0 spiro atoms. The Morgan fingerprint density at radius 3 is 2.16 bits per heavy atom. The Hall–Kier alpha value is -3.81. The van der Waals surface area contributed by atoms with E-state index in [9.17, 15) is 19.5 Å². The molecule has 0 aromatic heterocycles. The van der Waals surface area contributed by atoms with Gasteiger partial charge in [-0.25, -0.2) is 9.59 Å². The van der Waals surface area contributed by atoms with E-state index in [0.29, 0.717) is 56.3 Å². The maximum Gasteiger partial charge on any atom is 0.410 e. The quantitative estimate of drug-likeness (QED) is 0.444. The Balaban J connectivity index is 1.30. The molecule has 0 bridgehead atoms. The molecule has 2 fully saturated rings. The number of hydrogen-bond donors (Lipinski definition) is 1. The van der Waals surface area contributed by atoms with Gasteiger partial charge in [-0.1, -0.05) is 51.1 Å². The summed E-state index contributed by atoms with van der Waals surface area (Å²) in [5.41, 5.74) is 3.50. The van der Waals surface area contributed by atoms with Crippen molar-refractivity contribution in [3.8, 4) is 0 Å². The van der Waals surface area contributed by atoms with Gasteiger partial charge in [-0.05, 0) is 85.8 Å². The average Bonchev–Trinajstić information content (AvgIpc) is 2.95. The lowest BCUT2D eigenvalue weighted by molar-refractivity contribution is -0.00417. The van der Waals surface area contributed by atoms with Crippen molar-refractivity contribution in [1.82, 2.24) is 9.80 Å². The molecule has 2 saturated heterocycles. The number of carboxylic acid groups (broad SMARTS) is 1. The molecular weight excluding hydrogens is 542 g/mol. The number of allylic oxidation sites excluding steroid dienone is 2. The molecule has 1 unspecified atom stereocenters. The van der Waals surface area contributed by atoms with Crippen molar-refractivity contribution < 1.29 is 24.2 Å². The van der Waals surface area contributed by atoms with Crippen LogP contribution in [-0.2, 0) is 4.74 Å². The largest absolute Gasteiger partial charge is 0.478 e. The SMILES string of the molecule is CC(C)(C)OC(=O)N1CCN(c2ccccc2C(=O)N2CCC3C(C)(C)C(c4ccc(C(=O)O)cc4)=CC[C@]3(C)C2)CC1. The molecular formula is C35H45N3O5. The van der Waals surface area contributed by atoms with Gasteiger partial charge in [0.25, 0.3) is 5.91 Å². The number of amides is 2. The molecule has 2 aliphatic heterocycles. The summed E-state index contributed by atoms with van der Waals surface area (Å²) in [5.74, 6) is -0.487. The molecule has 3 aliphatic rings. The van der Waals surface area contributed by atoms with Crippen LogP contribution in [0.2, 0.25) is 0 Å². The zero-order chi connectivity index (χ0) is 31.2. The number of carbonyl (C=O) groups is 3. The fourth-order valence-corrected chi connectivity index (χ4v) is 7.50. The van der Waals surface area contributed by atoms with Crippen molar-refractivity contribution in [3.63, 3.8) is 0 Å². The van der Waals surface area contributed by atoms with Crippen molar-refractivity contribution in [2.24, 2.45) is 16.7 Å². The van der Waals surface area contributed by atoms with Gasteiger partial charge in [0.05, 0.1) is 11.1 Å². The van der Waals surface area contributed by atoms with Crippen LogP contribution in [-0.4, -0.2) is 77.7 Å². The van der Waals surface area contributed by atoms with Gasteiger partial charge >= 0.3 is 12.1 Å². The van der Waals surface area contributed by atoms with Crippen molar-refractivity contribution >= 4 is 29.2 Å². The molecule has 2 heterocycles. The van der Waals surface area contributed by atoms with Gasteiger partial charge in [0.1, 0.15) is 5.60 Å². The van der Waals surface area contributed by atoms with Crippen LogP contribution in [0.4, 0.5) is 10.5 Å². The monoisotopic (exact) mass is 587 g/mol. The summed E-state index contributed by atoms with van der Waals surface area (Å²) in [6.07, 6.45) is 3.77. The minimum absolute atomic E-state index is 0.0571. The fourth-order valence-electron chi connectivity index (χ4n) is 7.50. The number of nitrogens with zero attached hydrogens (tertiary/aromatic N) is 3. The maximum atomic E-state index is 14.1. The van der Waals surface area contributed by atoms with E-state index >= 15 is 0 Å². The Morgan fingerprint density at radius 1 is 0.884 bits per heavy atom. The molecule has 2 aromatic carbocycles. The first kappa shape index (κ1) is 30.6. The first-order valence-corrected chi connectivity index (χ1v) is 15.4. The summed E-state index contributed by atoms with van der Waals surface area (Å²) in [6.45, 7) is 16.2. The van der Waals surface area contributed by atoms with E-state index in [1.54, 1.807) is 17.0 Å². The predicted molar refractivity (Wildman–Crippen MR) is 168 cm³/mol. The molecule has 1 N–H and O–H groups in total. The molecule has 8 heteroatoms. The number of ether oxygens (including phenoxy) is 1. The lowest BCUT2D eigenvalue weighted by Gasteiger charge is -2.56. The molecule has 5 rings (SSSR count). The number of piperazine rings is 1. The Labute approximate surface area is 255 Å². The second-order valence-corrected chi connectivity index (χ2v) is 14.1. The van der Waals surface area contributed by atoms with Crippen molar-refractivity contribution in [2.75, 3.05) is 44.2 Å². The highest BCUT2D eigenvalue weighted by Crippen LogP contribution is 2.57. The minimum atomic E-state index is -0.919. The Morgan fingerprint density at radius 2 is 1.53 bits per heavy atom. The number of carboxylic acids is 1. The van der Waals surface area contributed by atoms with Gasteiger partial charge in [-0.2, -0.15) is 0 Å². The molecule has 43 heavy (non-hydrogen) atoms. The van der Waals surface area contributed by atoms with Crippen molar-refractivity contribution in [1.29, 1.82) is 0 Å². The Kier molecular flexibility index (Phi) is 8.09. The maximum absolute atomic E-state index is 14.1. The molecule has 2 amide bonds. The third-order valence-electron chi connectivity index (χ3n) is 9.56. The highest BCUT2D eigenvalue weighted by molar-refractivity contribution is 6.00. The van der Waals surface area contributed by atoms with Crippen LogP contribution in [0.15, 0.2) is 54.6 Å². The van der Waals surface area contributed by atoms with Gasteiger partial charge in [0.2, 0.25) is 0 Å². The van der Waals surface area contributed by atoms with Crippen LogP contribution < -0.4 is 4.90 Å². The molecule has 8 nitrogen and oxygen atoms in total. The molecule has 2 atom stereocenters. The minimum Gasteiger partial charge on any atom is -0.478 e. The number of fused-ring (bicyclic) bond motifs is 1. The van der Waals surface area contributed by atoms with Crippen LogP contribution in [0.25, 0.3) is 5.57 Å². The fraction of sp³-hybridized carbons (Fsp3) is 0.514. The van der Waals surface area contributed by atoms with Gasteiger partial charge < -0.3 is 24.5 Å². The van der Waals surface area contributed by atoms with E-state index in [4.69, 9.17) is 4.74 Å². The second-order valence-electron chi connectivity index (χ2n) is 14.1. The van der Waals surface area contributed by atoms with Gasteiger partial charge in [0, 0.05) is 45.0 Å². The summed E-state index contributed by atoms with van der Waals surface area (Å²) in [5, 5.41) is 9.32. The molecule has 0 saturated carbocycles. The number of para-hydroxylation sites is 1. The van der Waals surface area contributed by atoms with Crippen molar-refractivity contribution in [3.05, 3.63) is 71.3 Å². The number of carbonyl (C=O) groups excluding carboxylic acids is 2. The second kappa shape index (κ2) is 11.4. The smallest absolute Gasteiger partial charge is 0.410 e. The van der Waals surface area contributed by atoms with E-state index in [0.717, 1.165) is 24.1 Å². The molecule has 0 radical (unpaired) electrons. The number of rotatable bonds is 4. The molecule has 230 valence electrons. The standard InChI is InChI=1S/C35H45N3O5/c1-33(2,3)43-32(42)37-21-19-36(20-22-37)28-10-8-7-9-26(28)30(39)38-18-16-29-34(4,5)27(15-17-35(29,6)23-38)24-11-13-25(14-12-24)31(40)41/h7-15,29H,16-23H2,1-6H3,(H,40,41)/t29?,35-/m1/s1. The van der Waals surface area contributed by atoms with Crippen LogP contribution in [0.1, 0.15) is 80.7 Å². The van der Waals surface area contributed by atoms with E-state index < -0.39 is 11.6 Å². The number of benzene rings is 2. The average molecular weight is 588 g/mol. The first-order valence-electron chi connectivity index (χ1n) is 15.4. The van der Waals surface area contributed by atoms with Crippen LogP contribution >= 0.6 is 0 Å². The number of hydrogen-bond acceptors (Lipinski definition) is 5. The summed E-state index contributed by atoms with van der Waals surface area (Å²) in [6, 6.07) is 15.0. The topological polar surface area (TPSA) is 90.4 Å². The summed E-state index contributed by atoms with van der Waals surface area (Å²) in [4.78, 5) is 44.0. The van der Waals surface area contributed by atoms with E-state index in [1.165, 1.54) is 5.57 Å². The van der Waals surface area contributed by atoms with Gasteiger partial charge in [-0.15, -0.1) is 0 Å². The predicted octanol–water partition coefficient (Wildman–Crippen LogP) is 6.42. The number of piperidine rings is 1. The third-order valence-corrected chi connectivity index (χ3v) is 9.56. The lowest BCUT2D eigenvalue weighted by Crippen LogP contribution is -2.55. The van der Waals surface area contributed by atoms with E-state index in [2.05, 4.69) is 31.7 Å². The Bertz CT molecular complexity index is 1420. The molecule has 1 aliphatic carbocycles. The first-order chi connectivity index (χ1) is 20.2. The van der Waals surface area contributed by atoms with E-state index in [1.807, 2.05) is 62.1 Å². The zero-order valence-electron chi connectivity index (χ0n) is 26.4. The summed E-state index contributed by atoms with van der Waals surface area (Å²) < 4.78 is 5.55. The number of likely N-dealkylation sites (tertiary alicyclic amines) is 1. The summed E-state index contributed by atoms with van der Waals surface area (Å²) >= 11 is 0. The van der Waals surface area contributed by atoms with Crippen LogP contribution in [0.3, 0.4) is 0 Å². The zero-order valence-corrected chi connectivity index (χ0v) is 26.4. The van der Waals surface area contributed by atoms with Gasteiger partial charge in [0.15, 0.2) is 0 Å². The number of anilines is 1. The van der Waals surface area contributed by atoms with E-state index in [-0.39, 0.29) is 22.8 Å². The van der Waals surface area contributed by atoms with Crippen molar-refractivity contribution in [2.45, 2.75) is 60.0 Å².